The van der Waals surface area contributed by atoms with Gasteiger partial charge in [0.05, 0.1) is 12.1 Å². The van der Waals surface area contributed by atoms with E-state index < -0.39 is 0 Å². The van der Waals surface area contributed by atoms with Crippen molar-refractivity contribution >= 4 is 5.91 Å². The lowest BCUT2D eigenvalue weighted by Crippen LogP contribution is -2.33. The van der Waals surface area contributed by atoms with Gasteiger partial charge in [-0.15, -0.1) is 0 Å². The first-order valence-electron chi connectivity index (χ1n) is 5.23. The summed E-state index contributed by atoms with van der Waals surface area (Å²) < 4.78 is 0. The minimum atomic E-state index is 0.108. The summed E-state index contributed by atoms with van der Waals surface area (Å²) in [4.78, 5) is 11.8. The molecule has 0 saturated carbocycles. The van der Waals surface area contributed by atoms with E-state index in [0.29, 0.717) is 12.5 Å². The highest BCUT2D eigenvalue weighted by atomic mass is 16.1. The summed E-state index contributed by atoms with van der Waals surface area (Å²) in [5, 5.41) is 12.7. The molecule has 1 aromatic heterocycles. The molecule has 1 amide bonds. The molecule has 1 aliphatic rings. The number of H-pyrrole nitrogens is 1. The summed E-state index contributed by atoms with van der Waals surface area (Å²) in [5.41, 5.74) is 1.00. The molecule has 5 nitrogen and oxygen atoms in total. The standard InChI is InChI=1S/C10H16N4O/c1-7-2-11-6-9(7)10(15)12-3-8-4-13-14-5-8/h4-5,7,9,11H,2-3,6H2,1H3,(H,12,15)(H,13,14)/t7-,9-/m1/s1. The van der Waals surface area contributed by atoms with Gasteiger partial charge in [0.2, 0.25) is 5.91 Å². The molecule has 15 heavy (non-hydrogen) atoms. The van der Waals surface area contributed by atoms with Crippen LogP contribution in [0, 0.1) is 11.8 Å². The summed E-state index contributed by atoms with van der Waals surface area (Å²) in [6, 6.07) is 0. The van der Waals surface area contributed by atoms with Gasteiger partial charge in [0, 0.05) is 24.8 Å². The summed E-state index contributed by atoms with van der Waals surface area (Å²) >= 11 is 0. The zero-order valence-corrected chi connectivity index (χ0v) is 8.79. The van der Waals surface area contributed by atoms with Gasteiger partial charge in [-0.1, -0.05) is 6.92 Å². The average Bonchev–Trinajstić information content (AvgIpc) is 2.84. The lowest BCUT2D eigenvalue weighted by molar-refractivity contribution is -0.125. The van der Waals surface area contributed by atoms with Crippen LogP contribution < -0.4 is 10.6 Å². The number of nitrogens with one attached hydrogen (secondary N) is 3. The number of nitrogens with zero attached hydrogens (tertiary/aromatic N) is 1. The third kappa shape index (κ3) is 2.36. The average molecular weight is 208 g/mol. The van der Waals surface area contributed by atoms with Crippen molar-refractivity contribution in [3.8, 4) is 0 Å². The molecule has 0 aliphatic carbocycles. The van der Waals surface area contributed by atoms with E-state index in [1.165, 1.54) is 0 Å². The first-order chi connectivity index (χ1) is 7.27. The van der Waals surface area contributed by atoms with E-state index >= 15 is 0 Å². The maximum absolute atomic E-state index is 11.8. The first-order valence-corrected chi connectivity index (χ1v) is 5.23. The second kappa shape index (κ2) is 4.44. The summed E-state index contributed by atoms with van der Waals surface area (Å²) in [6.45, 7) is 4.38. The van der Waals surface area contributed by atoms with Gasteiger partial charge in [-0.3, -0.25) is 9.89 Å². The van der Waals surface area contributed by atoms with Crippen molar-refractivity contribution in [2.75, 3.05) is 13.1 Å². The predicted molar refractivity (Wildman–Crippen MR) is 56.0 cm³/mol. The fraction of sp³-hybridized carbons (Fsp3) is 0.600. The molecule has 2 rings (SSSR count). The lowest BCUT2D eigenvalue weighted by Gasteiger charge is -2.13. The van der Waals surface area contributed by atoms with Gasteiger partial charge < -0.3 is 10.6 Å². The van der Waals surface area contributed by atoms with Crippen molar-refractivity contribution in [1.82, 2.24) is 20.8 Å². The molecule has 0 bridgehead atoms. The smallest absolute Gasteiger partial charge is 0.224 e. The molecule has 82 valence electrons. The van der Waals surface area contributed by atoms with Crippen LogP contribution in [0.5, 0.6) is 0 Å². The van der Waals surface area contributed by atoms with Gasteiger partial charge in [0.15, 0.2) is 0 Å². The molecule has 2 atom stereocenters. The van der Waals surface area contributed by atoms with E-state index in [0.717, 1.165) is 18.7 Å². The number of rotatable bonds is 3. The van der Waals surface area contributed by atoms with E-state index in [2.05, 4.69) is 27.8 Å². The minimum Gasteiger partial charge on any atom is -0.352 e. The predicted octanol–water partition coefficient (Wildman–Crippen LogP) is -0.119. The second-order valence-corrected chi connectivity index (χ2v) is 4.07. The monoisotopic (exact) mass is 208 g/mol. The number of amides is 1. The normalized spacial score (nSPS) is 25.4. The van der Waals surface area contributed by atoms with Crippen LogP contribution in [0.25, 0.3) is 0 Å². The fourth-order valence-corrected chi connectivity index (χ4v) is 1.86. The molecule has 1 aromatic rings. The quantitative estimate of drug-likeness (QED) is 0.648. The maximum atomic E-state index is 11.8. The fourth-order valence-electron chi connectivity index (χ4n) is 1.86. The topological polar surface area (TPSA) is 69.8 Å². The zero-order valence-electron chi connectivity index (χ0n) is 8.79. The number of carbonyl (C=O) groups excluding carboxylic acids is 1. The molecule has 0 aromatic carbocycles. The third-order valence-electron chi connectivity index (χ3n) is 2.88. The van der Waals surface area contributed by atoms with Crippen molar-refractivity contribution in [3.05, 3.63) is 18.0 Å². The number of aromatic amines is 1. The summed E-state index contributed by atoms with van der Waals surface area (Å²) in [6.07, 6.45) is 3.51. The van der Waals surface area contributed by atoms with Gasteiger partial charge >= 0.3 is 0 Å². The van der Waals surface area contributed by atoms with Crippen LogP contribution in [-0.2, 0) is 11.3 Å². The van der Waals surface area contributed by atoms with Crippen LogP contribution in [0.1, 0.15) is 12.5 Å². The Kier molecular flexibility index (Phi) is 3.01. The van der Waals surface area contributed by atoms with E-state index in [1.807, 2.05) is 0 Å². The van der Waals surface area contributed by atoms with Gasteiger partial charge in [-0.2, -0.15) is 5.10 Å². The minimum absolute atomic E-state index is 0.108. The molecule has 0 unspecified atom stereocenters. The van der Waals surface area contributed by atoms with Gasteiger partial charge in [-0.25, -0.2) is 0 Å². The molecular formula is C10H16N4O. The summed E-state index contributed by atoms with van der Waals surface area (Å²) in [7, 11) is 0. The molecule has 2 heterocycles. The molecular weight excluding hydrogens is 192 g/mol. The van der Waals surface area contributed by atoms with Crippen molar-refractivity contribution in [3.63, 3.8) is 0 Å². The Bertz CT molecular complexity index is 322. The van der Waals surface area contributed by atoms with Crippen LogP contribution >= 0.6 is 0 Å². The van der Waals surface area contributed by atoms with Gasteiger partial charge in [0.25, 0.3) is 0 Å². The second-order valence-electron chi connectivity index (χ2n) is 4.07. The van der Waals surface area contributed by atoms with Gasteiger partial charge in [0.1, 0.15) is 0 Å². The molecule has 1 saturated heterocycles. The van der Waals surface area contributed by atoms with Crippen LogP contribution in [0.4, 0.5) is 0 Å². The Labute approximate surface area is 88.6 Å². The van der Waals surface area contributed by atoms with Crippen molar-refractivity contribution in [1.29, 1.82) is 0 Å². The third-order valence-corrected chi connectivity index (χ3v) is 2.88. The van der Waals surface area contributed by atoms with E-state index in [-0.39, 0.29) is 11.8 Å². The highest BCUT2D eigenvalue weighted by Crippen LogP contribution is 2.15. The van der Waals surface area contributed by atoms with Crippen LogP contribution in [0.15, 0.2) is 12.4 Å². The van der Waals surface area contributed by atoms with Crippen LogP contribution in [-0.4, -0.2) is 29.2 Å². The van der Waals surface area contributed by atoms with Crippen molar-refractivity contribution in [2.24, 2.45) is 11.8 Å². The molecule has 5 heteroatoms. The molecule has 1 fully saturated rings. The highest BCUT2D eigenvalue weighted by Gasteiger charge is 2.29. The number of carbonyl (C=O) groups is 1. The van der Waals surface area contributed by atoms with E-state index in [4.69, 9.17) is 0 Å². The molecule has 1 aliphatic heterocycles. The Hall–Kier alpha value is -1.36. The van der Waals surface area contributed by atoms with E-state index in [9.17, 15) is 4.79 Å². The molecule has 0 spiro atoms. The first kappa shape index (κ1) is 10.2. The number of aromatic nitrogens is 2. The van der Waals surface area contributed by atoms with Crippen LogP contribution in [0.2, 0.25) is 0 Å². The van der Waals surface area contributed by atoms with Crippen LogP contribution in [0.3, 0.4) is 0 Å². The summed E-state index contributed by atoms with van der Waals surface area (Å²) in [5.74, 6) is 0.667. The van der Waals surface area contributed by atoms with Crippen molar-refractivity contribution in [2.45, 2.75) is 13.5 Å². The Morgan fingerprint density at radius 2 is 2.53 bits per heavy atom. The molecule has 0 radical (unpaired) electrons. The SMILES string of the molecule is C[C@@H]1CNC[C@H]1C(=O)NCc1cn[nH]c1. The molecule has 3 N–H and O–H groups in total. The lowest BCUT2D eigenvalue weighted by atomic mass is 9.97. The Morgan fingerprint density at radius 1 is 1.67 bits per heavy atom. The largest absolute Gasteiger partial charge is 0.352 e. The Morgan fingerprint density at radius 3 is 3.13 bits per heavy atom. The highest BCUT2D eigenvalue weighted by molar-refractivity contribution is 5.79. The Balaban J connectivity index is 1.82. The van der Waals surface area contributed by atoms with Crippen molar-refractivity contribution < 1.29 is 4.79 Å². The van der Waals surface area contributed by atoms with Gasteiger partial charge in [-0.05, 0) is 12.5 Å². The van der Waals surface area contributed by atoms with E-state index in [1.54, 1.807) is 12.4 Å². The maximum Gasteiger partial charge on any atom is 0.224 e. The number of hydrogen-bond donors (Lipinski definition) is 3. The number of hydrogen-bond acceptors (Lipinski definition) is 3. The zero-order chi connectivity index (χ0) is 10.7.